The molecule has 1 aromatic rings. The molecule has 0 bridgehead atoms. The van der Waals surface area contributed by atoms with E-state index in [-0.39, 0.29) is 0 Å². The van der Waals surface area contributed by atoms with Gasteiger partial charge in [-0.3, -0.25) is 4.90 Å². The number of aryl methyl sites for hydroxylation is 1. The van der Waals surface area contributed by atoms with Crippen molar-refractivity contribution >= 4 is 0 Å². The van der Waals surface area contributed by atoms with Gasteiger partial charge in [0.1, 0.15) is 0 Å². The normalized spacial score (nSPS) is 17.2. The van der Waals surface area contributed by atoms with Crippen LogP contribution in [0.4, 0.5) is 0 Å². The van der Waals surface area contributed by atoms with Gasteiger partial charge in [-0.2, -0.15) is 0 Å². The summed E-state index contributed by atoms with van der Waals surface area (Å²) in [7, 11) is 5.60. The van der Waals surface area contributed by atoms with Gasteiger partial charge in [-0.15, -0.1) is 0 Å². The molecule has 1 aromatic carbocycles. The third-order valence-electron chi connectivity index (χ3n) is 4.01. The van der Waals surface area contributed by atoms with E-state index >= 15 is 0 Å². The molecule has 0 atom stereocenters. The van der Waals surface area contributed by atoms with Crippen LogP contribution in [0.15, 0.2) is 12.1 Å². The maximum absolute atomic E-state index is 5.57. The first-order chi connectivity index (χ1) is 9.67. The summed E-state index contributed by atoms with van der Waals surface area (Å²) in [5, 5.41) is 0. The Morgan fingerprint density at radius 3 is 2.30 bits per heavy atom. The first kappa shape index (κ1) is 15.1. The van der Waals surface area contributed by atoms with Gasteiger partial charge in [0.2, 0.25) is 0 Å². The number of hydrogen-bond donors (Lipinski definition) is 0. The van der Waals surface area contributed by atoms with Crippen molar-refractivity contribution in [3.8, 4) is 11.5 Å². The highest BCUT2D eigenvalue weighted by Gasteiger charge is 2.18. The maximum Gasteiger partial charge on any atom is 0.165 e. The molecule has 0 saturated carbocycles. The number of likely N-dealkylation sites (N-methyl/N-ethyl adjacent to an activating group) is 1. The summed E-state index contributed by atoms with van der Waals surface area (Å²) in [6, 6.07) is 4.33. The molecule has 0 spiro atoms. The predicted octanol–water partition coefficient (Wildman–Crippen LogP) is 2.01. The highest BCUT2D eigenvalue weighted by atomic mass is 16.5. The Kier molecular flexibility index (Phi) is 5.26. The molecule has 0 aromatic heterocycles. The number of hydrogen-bond acceptors (Lipinski definition) is 4. The zero-order chi connectivity index (χ0) is 14.5. The molecule has 0 radical (unpaired) electrons. The fourth-order valence-electron chi connectivity index (χ4n) is 2.67. The number of ether oxygens (including phenoxy) is 2. The quantitative estimate of drug-likeness (QED) is 0.822. The second-order valence-electron chi connectivity index (χ2n) is 5.42. The topological polar surface area (TPSA) is 24.9 Å². The number of benzene rings is 1. The molecule has 1 aliphatic rings. The van der Waals surface area contributed by atoms with Gasteiger partial charge >= 0.3 is 0 Å². The standard InChI is InChI=1S/C16H26N2O2/c1-5-13-10-14(16(20-4)15(11-13)19-3)12-18-8-6-17(2)7-9-18/h10-11H,5-9,12H2,1-4H3. The Hall–Kier alpha value is -1.26. The Balaban J connectivity index is 2.20. The molecule has 20 heavy (non-hydrogen) atoms. The van der Waals surface area contributed by atoms with Gasteiger partial charge < -0.3 is 14.4 Å². The van der Waals surface area contributed by atoms with Crippen molar-refractivity contribution in [1.82, 2.24) is 9.80 Å². The first-order valence-corrected chi connectivity index (χ1v) is 7.32. The van der Waals surface area contributed by atoms with Gasteiger partial charge in [0, 0.05) is 38.3 Å². The molecule has 1 aliphatic heterocycles. The summed E-state index contributed by atoms with van der Waals surface area (Å²) in [4.78, 5) is 4.85. The zero-order valence-electron chi connectivity index (χ0n) is 13.1. The van der Waals surface area contributed by atoms with Gasteiger partial charge in [-0.25, -0.2) is 0 Å². The second-order valence-corrected chi connectivity index (χ2v) is 5.42. The van der Waals surface area contributed by atoms with Crippen LogP contribution in [0.1, 0.15) is 18.1 Å². The van der Waals surface area contributed by atoms with Crippen LogP contribution in [-0.4, -0.2) is 57.2 Å². The third-order valence-corrected chi connectivity index (χ3v) is 4.01. The molecular weight excluding hydrogens is 252 g/mol. The lowest BCUT2D eigenvalue weighted by molar-refractivity contribution is 0.147. The van der Waals surface area contributed by atoms with E-state index in [0.717, 1.165) is 50.6 Å². The van der Waals surface area contributed by atoms with Gasteiger partial charge in [0.15, 0.2) is 11.5 Å². The number of piperazine rings is 1. The van der Waals surface area contributed by atoms with Gasteiger partial charge in [-0.1, -0.05) is 13.0 Å². The van der Waals surface area contributed by atoms with Crippen molar-refractivity contribution < 1.29 is 9.47 Å². The van der Waals surface area contributed by atoms with Crippen LogP contribution >= 0.6 is 0 Å². The predicted molar refractivity (Wildman–Crippen MR) is 81.7 cm³/mol. The molecule has 4 nitrogen and oxygen atoms in total. The Morgan fingerprint density at radius 2 is 1.75 bits per heavy atom. The van der Waals surface area contributed by atoms with Crippen LogP contribution in [0, 0.1) is 0 Å². The Morgan fingerprint density at radius 1 is 1.05 bits per heavy atom. The van der Waals surface area contributed by atoms with Crippen LogP contribution in [0.5, 0.6) is 11.5 Å². The molecule has 1 heterocycles. The van der Waals surface area contributed by atoms with Crippen LogP contribution < -0.4 is 9.47 Å². The summed E-state index contributed by atoms with van der Waals surface area (Å²) >= 11 is 0. The minimum absolute atomic E-state index is 0.843. The Bertz CT molecular complexity index is 440. The van der Waals surface area contributed by atoms with Crippen molar-refractivity contribution in [2.75, 3.05) is 47.4 Å². The summed E-state index contributed by atoms with van der Waals surface area (Å²) in [5.74, 6) is 1.72. The Labute approximate surface area is 122 Å². The van der Waals surface area contributed by atoms with E-state index in [2.05, 4.69) is 35.9 Å². The largest absolute Gasteiger partial charge is 0.493 e. The molecule has 1 saturated heterocycles. The van der Waals surface area contributed by atoms with Crippen LogP contribution in [-0.2, 0) is 13.0 Å². The van der Waals surface area contributed by atoms with Crippen molar-refractivity contribution in [3.05, 3.63) is 23.3 Å². The molecule has 0 unspecified atom stereocenters. The van der Waals surface area contributed by atoms with Gasteiger partial charge in [0.05, 0.1) is 14.2 Å². The van der Waals surface area contributed by atoms with Crippen molar-refractivity contribution in [2.45, 2.75) is 19.9 Å². The average Bonchev–Trinajstić information content (AvgIpc) is 2.48. The molecule has 4 heteroatoms. The van der Waals surface area contributed by atoms with E-state index in [1.54, 1.807) is 14.2 Å². The molecule has 1 fully saturated rings. The zero-order valence-corrected chi connectivity index (χ0v) is 13.1. The maximum atomic E-state index is 5.57. The van der Waals surface area contributed by atoms with Gasteiger partial charge in [0.25, 0.3) is 0 Å². The second kappa shape index (κ2) is 6.95. The van der Waals surface area contributed by atoms with E-state index in [4.69, 9.17) is 9.47 Å². The van der Waals surface area contributed by atoms with E-state index in [1.165, 1.54) is 11.1 Å². The lowest BCUT2D eigenvalue weighted by atomic mass is 10.1. The van der Waals surface area contributed by atoms with E-state index in [1.807, 2.05) is 0 Å². The van der Waals surface area contributed by atoms with E-state index in [9.17, 15) is 0 Å². The molecule has 0 aliphatic carbocycles. The molecule has 0 amide bonds. The van der Waals surface area contributed by atoms with Crippen LogP contribution in [0.3, 0.4) is 0 Å². The molecule has 112 valence electrons. The number of nitrogens with zero attached hydrogens (tertiary/aromatic N) is 2. The summed E-state index contributed by atoms with van der Waals surface area (Å²) in [6.45, 7) is 7.58. The van der Waals surface area contributed by atoms with E-state index in [0.29, 0.717) is 0 Å². The molecule has 0 N–H and O–H groups in total. The summed E-state index contributed by atoms with van der Waals surface area (Å²) in [5.41, 5.74) is 2.53. The van der Waals surface area contributed by atoms with E-state index < -0.39 is 0 Å². The van der Waals surface area contributed by atoms with Crippen molar-refractivity contribution in [3.63, 3.8) is 0 Å². The first-order valence-electron chi connectivity index (χ1n) is 7.32. The minimum atomic E-state index is 0.843. The molecular formula is C16H26N2O2. The van der Waals surface area contributed by atoms with Crippen molar-refractivity contribution in [1.29, 1.82) is 0 Å². The minimum Gasteiger partial charge on any atom is -0.493 e. The fourth-order valence-corrected chi connectivity index (χ4v) is 2.67. The van der Waals surface area contributed by atoms with Crippen LogP contribution in [0.2, 0.25) is 0 Å². The lowest BCUT2D eigenvalue weighted by Crippen LogP contribution is -2.43. The number of rotatable bonds is 5. The number of methoxy groups -OCH3 is 2. The average molecular weight is 278 g/mol. The summed E-state index contributed by atoms with van der Waals surface area (Å²) in [6.07, 6.45) is 1.01. The molecule has 2 rings (SSSR count). The summed E-state index contributed by atoms with van der Waals surface area (Å²) < 4.78 is 11.0. The monoisotopic (exact) mass is 278 g/mol. The SMILES string of the molecule is CCc1cc(CN2CCN(C)CC2)c(OC)c(OC)c1. The lowest BCUT2D eigenvalue weighted by Gasteiger charge is -2.32. The third kappa shape index (κ3) is 3.44. The van der Waals surface area contributed by atoms with Crippen molar-refractivity contribution in [2.24, 2.45) is 0 Å². The van der Waals surface area contributed by atoms with Gasteiger partial charge in [-0.05, 0) is 25.1 Å². The van der Waals surface area contributed by atoms with Crippen LogP contribution in [0.25, 0.3) is 0 Å². The fraction of sp³-hybridized carbons (Fsp3) is 0.625. The highest BCUT2D eigenvalue weighted by Crippen LogP contribution is 2.33. The highest BCUT2D eigenvalue weighted by molar-refractivity contribution is 5.49. The smallest absolute Gasteiger partial charge is 0.165 e.